The monoisotopic (exact) mass is 357 g/mol. The van der Waals surface area contributed by atoms with Crippen LogP contribution in [0.5, 0.6) is 0 Å². The number of alkyl halides is 2. The second-order valence-corrected chi connectivity index (χ2v) is 5.31. The van der Waals surface area contributed by atoms with Crippen molar-refractivity contribution in [3.63, 3.8) is 0 Å². The molecule has 0 aromatic heterocycles. The molecule has 1 aromatic rings. The number of carbonyl (C=O) groups excluding carboxylic acids is 2. The van der Waals surface area contributed by atoms with Gasteiger partial charge in [0.15, 0.2) is 5.17 Å². The zero-order chi connectivity index (χ0) is 17.7. The van der Waals surface area contributed by atoms with E-state index in [9.17, 15) is 22.8 Å². The Morgan fingerprint density at radius 1 is 1.42 bits per heavy atom. The number of ether oxygens (including phenoxy) is 1. The predicted molar refractivity (Wildman–Crippen MR) is 82.2 cm³/mol. The molecule has 1 N–H and O–H groups in total. The van der Waals surface area contributed by atoms with E-state index in [0.717, 1.165) is 49.4 Å². The summed E-state index contributed by atoms with van der Waals surface area (Å²) in [7, 11) is 1.16. The van der Waals surface area contributed by atoms with Crippen molar-refractivity contribution in [2.24, 2.45) is 10.2 Å². The number of hydrogen-bond acceptors (Lipinski definition) is 6. The second kappa shape index (κ2) is 7.77. The van der Waals surface area contributed by atoms with Crippen molar-refractivity contribution >= 4 is 35.0 Å². The molecule has 0 aliphatic carbocycles. The minimum absolute atomic E-state index is 0.0151. The van der Waals surface area contributed by atoms with Gasteiger partial charge in [-0.05, 0) is 17.8 Å². The van der Waals surface area contributed by atoms with E-state index in [1.165, 1.54) is 0 Å². The van der Waals surface area contributed by atoms with Gasteiger partial charge < -0.3 is 4.74 Å². The number of methoxy groups -OCH3 is 1. The summed E-state index contributed by atoms with van der Waals surface area (Å²) in [6, 6.07) is 3.26. The molecule has 2 rings (SSSR count). The third kappa shape index (κ3) is 4.22. The smallest absolute Gasteiger partial charge is 0.331 e. The Balaban J connectivity index is 2.18. The molecule has 0 unspecified atom stereocenters. The minimum atomic E-state index is -2.87. The van der Waals surface area contributed by atoms with Crippen molar-refractivity contribution in [1.29, 1.82) is 0 Å². The van der Waals surface area contributed by atoms with E-state index in [-0.39, 0.29) is 10.1 Å². The summed E-state index contributed by atoms with van der Waals surface area (Å²) in [4.78, 5) is 22.7. The minimum Gasteiger partial charge on any atom is -0.466 e. The van der Waals surface area contributed by atoms with E-state index in [1.807, 2.05) is 0 Å². The lowest BCUT2D eigenvalue weighted by molar-refractivity contribution is -0.135. The molecule has 126 valence electrons. The highest BCUT2D eigenvalue weighted by atomic mass is 32.2. The maximum atomic E-state index is 13.6. The van der Waals surface area contributed by atoms with E-state index in [1.54, 1.807) is 0 Å². The number of rotatable bonds is 4. The maximum absolute atomic E-state index is 13.6. The lowest BCUT2D eigenvalue weighted by Gasteiger charge is -2.04. The molecule has 1 heterocycles. The van der Waals surface area contributed by atoms with Gasteiger partial charge in [-0.1, -0.05) is 12.1 Å². The highest BCUT2D eigenvalue weighted by molar-refractivity contribution is 8.18. The summed E-state index contributed by atoms with van der Waals surface area (Å²) in [5.41, 5.74) is -0.912. The lowest BCUT2D eigenvalue weighted by Crippen LogP contribution is -2.19. The number of amidine groups is 1. The Labute approximate surface area is 138 Å². The molecule has 1 amide bonds. The zero-order valence-electron chi connectivity index (χ0n) is 12.1. The Hall–Kier alpha value is -2.62. The normalized spacial score (nSPS) is 18.0. The fourth-order valence-corrected chi connectivity index (χ4v) is 2.40. The molecule has 1 aliphatic rings. The largest absolute Gasteiger partial charge is 0.466 e. The molecule has 1 aliphatic heterocycles. The molecule has 1 fully saturated rings. The Morgan fingerprint density at radius 3 is 2.83 bits per heavy atom. The number of benzene rings is 1. The van der Waals surface area contributed by atoms with E-state index >= 15 is 0 Å². The highest BCUT2D eigenvalue weighted by Gasteiger charge is 2.25. The summed E-state index contributed by atoms with van der Waals surface area (Å²) in [5.74, 6) is -2.17. The van der Waals surface area contributed by atoms with Crippen LogP contribution in [0.3, 0.4) is 0 Å². The standard InChI is InChI=1S/C14H10F3N3O3S/c1-23-11(21)5-10-13(22)19-14(24-10)20-18-6-8-7(12(16)17)3-2-4-9(8)15/h2-6,12H,1H3,(H,19,20,22)/b10-5+,18-6?. The van der Waals surface area contributed by atoms with E-state index in [4.69, 9.17) is 0 Å². The van der Waals surface area contributed by atoms with Gasteiger partial charge in [0, 0.05) is 17.2 Å². The Morgan fingerprint density at radius 2 is 2.17 bits per heavy atom. The first-order valence-corrected chi connectivity index (χ1v) is 7.20. The van der Waals surface area contributed by atoms with Crippen LogP contribution in [0.15, 0.2) is 39.4 Å². The SMILES string of the molecule is COC(=O)/C=C1/S/C(=N\N=Cc2c(F)cccc2C(F)F)NC1=O. The quantitative estimate of drug-likeness (QED) is 0.388. The molecule has 1 aromatic carbocycles. The summed E-state index contributed by atoms with van der Waals surface area (Å²) in [5, 5.41) is 9.44. The molecular formula is C14H10F3N3O3S. The van der Waals surface area contributed by atoms with Crippen molar-refractivity contribution in [3.05, 3.63) is 46.1 Å². The van der Waals surface area contributed by atoms with Crippen LogP contribution >= 0.6 is 11.8 Å². The van der Waals surface area contributed by atoms with Gasteiger partial charge >= 0.3 is 5.97 Å². The first-order chi connectivity index (χ1) is 11.4. The molecule has 1 saturated heterocycles. The van der Waals surface area contributed by atoms with Gasteiger partial charge in [-0.2, -0.15) is 5.10 Å². The van der Waals surface area contributed by atoms with Gasteiger partial charge in [-0.15, -0.1) is 5.10 Å². The summed E-state index contributed by atoms with van der Waals surface area (Å²) >= 11 is 0.806. The third-order valence-corrected chi connectivity index (χ3v) is 3.66. The molecule has 6 nitrogen and oxygen atoms in total. The van der Waals surface area contributed by atoms with Gasteiger partial charge in [-0.3, -0.25) is 10.1 Å². The van der Waals surface area contributed by atoms with Crippen LogP contribution in [0.2, 0.25) is 0 Å². The van der Waals surface area contributed by atoms with Crippen LogP contribution < -0.4 is 5.32 Å². The zero-order valence-corrected chi connectivity index (χ0v) is 12.9. The Bertz CT molecular complexity index is 763. The van der Waals surface area contributed by atoms with Crippen molar-refractivity contribution in [1.82, 2.24) is 5.32 Å². The molecule has 10 heteroatoms. The summed E-state index contributed by atoms with van der Waals surface area (Å²) in [6.07, 6.45) is -1.07. The topological polar surface area (TPSA) is 80.1 Å². The third-order valence-electron chi connectivity index (χ3n) is 2.76. The molecule has 0 saturated carbocycles. The average Bonchev–Trinajstić information content (AvgIpc) is 2.88. The average molecular weight is 357 g/mol. The van der Waals surface area contributed by atoms with Crippen LogP contribution in [-0.2, 0) is 14.3 Å². The van der Waals surface area contributed by atoms with Crippen LogP contribution in [0, 0.1) is 5.82 Å². The number of hydrogen-bond donors (Lipinski definition) is 1. The first-order valence-electron chi connectivity index (χ1n) is 6.38. The van der Waals surface area contributed by atoms with Crippen LogP contribution in [0.25, 0.3) is 0 Å². The van der Waals surface area contributed by atoms with E-state index < -0.39 is 35.2 Å². The van der Waals surface area contributed by atoms with Crippen molar-refractivity contribution in [2.75, 3.05) is 7.11 Å². The van der Waals surface area contributed by atoms with Gasteiger partial charge in [0.1, 0.15) is 5.82 Å². The van der Waals surface area contributed by atoms with Gasteiger partial charge in [0.05, 0.1) is 18.2 Å². The summed E-state index contributed by atoms with van der Waals surface area (Å²) in [6.45, 7) is 0. The molecule has 0 spiro atoms. The van der Waals surface area contributed by atoms with Crippen LogP contribution in [-0.4, -0.2) is 30.4 Å². The Kier molecular flexibility index (Phi) is 5.74. The maximum Gasteiger partial charge on any atom is 0.331 e. The van der Waals surface area contributed by atoms with Crippen molar-refractivity contribution < 1.29 is 27.5 Å². The van der Waals surface area contributed by atoms with Gasteiger partial charge in [0.25, 0.3) is 12.3 Å². The fourth-order valence-electron chi connectivity index (χ4n) is 1.66. The number of carbonyl (C=O) groups is 2. The molecular weight excluding hydrogens is 347 g/mol. The van der Waals surface area contributed by atoms with E-state index in [2.05, 4.69) is 20.3 Å². The number of nitrogens with zero attached hydrogens (tertiary/aromatic N) is 2. The summed E-state index contributed by atoms with van der Waals surface area (Å²) < 4.78 is 43.6. The molecule has 0 bridgehead atoms. The second-order valence-electron chi connectivity index (χ2n) is 4.28. The predicted octanol–water partition coefficient (Wildman–Crippen LogP) is 2.37. The molecule has 24 heavy (non-hydrogen) atoms. The molecule has 0 radical (unpaired) electrons. The van der Waals surface area contributed by atoms with Gasteiger partial charge in [-0.25, -0.2) is 18.0 Å². The number of halogens is 3. The molecule has 0 atom stereocenters. The van der Waals surface area contributed by atoms with Crippen LogP contribution in [0.4, 0.5) is 13.2 Å². The number of amides is 1. The number of esters is 1. The van der Waals surface area contributed by atoms with Gasteiger partial charge in [0.2, 0.25) is 0 Å². The number of thioether (sulfide) groups is 1. The fraction of sp³-hybridized carbons (Fsp3) is 0.143. The highest BCUT2D eigenvalue weighted by Crippen LogP contribution is 2.25. The van der Waals surface area contributed by atoms with Crippen molar-refractivity contribution in [2.45, 2.75) is 6.43 Å². The van der Waals surface area contributed by atoms with E-state index in [0.29, 0.717) is 0 Å². The van der Waals surface area contributed by atoms with Crippen molar-refractivity contribution in [3.8, 4) is 0 Å². The number of nitrogens with one attached hydrogen (secondary N) is 1. The first kappa shape index (κ1) is 17.7. The van der Waals surface area contributed by atoms with Crippen LogP contribution in [0.1, 0.15) is 17.6 Å². The lowest BCUT2D eigenvalue weighted by atomic mass is 10.1.